The van der Waals surface area contributed by atoms with Crippen LogP contribution in [0, 0.1) is 5.82 Å². The van der Waals surface area contributed by atoms with Gasteiger partial charge in [-0.15, -0.1) is 0 Å². The molecule has 0 radical (unpaired) electrons. The second kappa shape index (κ2) is 7.85. The zero-order valence-corrected chi connectivity index (χ0v) is 19.7. The number of nitrogens with zero attached hydrogens (tertiary/aromatic N) is 2. The van der Waals surface area contributed by atoms with Gasteiger partial charge in [0.2, 0.25) is 11.8 Å². The first-order valence-corrected chi connectivity index (χ1v) is 11.6. The molecular formula is C25H33FN2O4. The van der Waals surface area contributed by atoms with Crippen molar-refractivity contribution >= 4 is 23.5 Å². The minimum Gasteiger partial charge on any atom is -0.460 e. The molecule has 32 heavy (non-hydrogen) atoms. The average molecular weight is 445 g/mol. The van der Waals surface area contributed by atoms with Crippen LogP contribution in [0.1, 0.15) is 83.8 Å². The van der Waals surface area contributed by atoms with Crippen LogP contribution in [-0.2, 0) is 24.5 Å². The van der Waals surface area contributed by atoms with Crippen LogP contribution in [0.25, 0.3) is 0 Å². The van der Waals surface area contributed by atoms with Gasteiger partial charge in [-0.1, -0.05) is 6.07 Å². The standard InChI is InChI=1S/C25H33FN2O4/c1-24(2,3)32-20(29)7-6-11-27-12-10-19(22(27)30)28-21-17(25(4,5)23(28)31)13-16(14-18(21)26)15-8-9-15/h13-15,19H,6-12H2,1-5H3. The van der Waals surface area contributed by atoms with Gasteiger partial charge in [-0.25, -0.2) is 4.39 Å². The minimum atomic E-state index is -0.870. The topological polar surface area (TPSA) is 66.9 Å². The monoisotopic (exact) mass is 444 g/mol. The van der Waals surface area contributed by atoms with Crippen LogP contribution in [0.2, 0.25) is 0 Å². The van der Waals surface area contributed by atoms with E-state index in [1.165, 1.54) is 11.0 Å². The number of fused-ring (bicyclic) bond motifs is 1. The van der Waals surface area contributed by atoms with Crippen LogP contribution in [0.4, 0.5) is 10.1 Å². The van der Waals surface area contributed by atoms with E-state index in [1.807, 2.05) is 40.7 Å². The van der Waals surface area contributed by atoms with E-state index in [0.29, 0.717) is 37.4 Å². The molecule has 1 atom stereocenters. The zero-order valence-electron chi connectivity index (χ0n) is 19.7. The molecule has 0 N–H and O–H groups in total. The van der Waals surface area contributed by atoms with E-state index in [-0.39, 0.29) is 29.9 Å². The summed E-state index contributed by atoms with van der Waals surface area (Å²) in [5, 5.41) is 0. The van der Waals surface area contributed by atoms with Crippen LogP contribution in [0.5, 0.6) is 0 Å². The summed E-state index contributed by atoms with van der Waals surface area (Å²) in [6, 6.07) is 2.80. The fraction of sp³-hybridized carbons (Fsp3) is 0.640. The predicted molar refractivity (Wildman–Crippen MR) is 119 cm³/mol. The van der Waals surface area contributed by atoms with Crippen LogP contribution in [0.15, 0.2) is 12.1 Å². The van der Waals surface area contributed by atoms with Gasteiger partial charge in [0, 0.05) is 19.5 Å². The molecule has 174 valence electrons. The normalized spacial score (nSPS) is 22.5. The maximum Gasteiger partial charge on any atom is 0.306 e. The van der Waals surface area contributed by atoms with Crippen molar-refractivity contribution in [3.8, 4) is 0 Å². The Labute approximate surface area is 189 Å². The van der Waals surface area contributed by atoms with Crippen LogP contribution < -0.4 is 4.90 Å². The predicted octanol–water partition coefficient (Wildman–Crippen LogP) is 4.05. The first-order chi connectivity index (χ1) is 14.9. The van der Waals surface area contributed by atoms with Gasteiger partial charge in [0.05, 0.1) is 11.1 Å². The van der Waals surface area contributed by atoms with Crippen LogP contribution in [-0.4, -0.2) is 47.4 Å². The molecule has 1 unspecified atom stereocenters. The Morgan fingerprint density at radius 1 is 1.19 bits per heavy atom. The summed E-state index contributed by atoms with van der Waals surface area (Å²) in [6.07, 6.45) is 3.27. The Bertz CT molecular complexity index is 961. The van der Waals surface area contributed by atoms with Crippen molar-refractivity contribution in [1.82, 2.24) is 4.90 Å². The third-order valence-electron chi connectivity index (χ3n) is 6.61. The molecule has 2 aliphatic heterocycles. The number of esters is 1. The number of benzene rings is 1. The molecule has 2 heterocycles. The number of rotatable bonds is 6. The lowest BCUT2D eigenvalue weighted by molar-refractivity contribution is -0.155. The van der Waals surface area contributed by atoms with Crippen molar-refractivity contribution in [3.05, 3.63) is 29.1 Å². The van der Waals surface area contributed by atoms with Crippen LogP contribution >= 0.6 is 0 Å². The summed E-state index contributed by atoms with van der Waals surface area (Å²) in [6.45, 7) is 9.97. The smallest absolute Gasteiger partial charge is 0.306 e. The van der Waals surface area contributed by atoms with Gasteiger partial charge in [-0.3, -0.25) is 19.3 Å². The quantitative estimate of drug-likeness (QED) is 0.621. The van der Waals surface area contributed by atoms with Crippen molar-refractivity contribution < 1.29 is 23.5 Å². The lowest BCUT2D eigenvalue weighted by Crippen LogP contribution is -2.47. The fourth-order valence-electron chi connectivity index (χ4n) is 4.80. The molecule has 1 saturated heterocycles. The van der Waals surface area contributed by atoms with Crippen LogP contribution in [0.3, 0.4) is 0 Å². The van der Waals surface area contributed by atoms with Gasteiger partial charge in [-0.2, -0.15) is 0 Å². The minimum absolute atomic E-state index is 0.183. The Balaban J connectivity index is 1.47. The number of carbonyl (C=O) groups is 3. The largest absolute Gasteiger partial charge is 0.460 e. The maximum atomic E-state index is 15.2. The first kappa shape index (κ1) is 22.7. The second-order valence-electron chi connectivity index (χ2n) is 10.8. The lowest BCUT2D eigenvalue weighted by Gasteiger charge is -2.26. The molecular weight excluding hydrogens is 411 g/mol. The molecule has 0 bridgehead atoms. The third-order valence-corrected chi connectivity index (χ3v) is 6.61. The van der Waals surface area contributed by atoms with Gasteiger partial charge >= 0.3 is 5.97 Å². The molecule has 0 spiro atoms. The molecule has 0 aromatic heterocycles. The highest BCUT2D eigenvalue weighted by Crippen LogP contribution is 2.49. The number of carbonyl (C=O) groups excluding carboxylic acids is 3. The molecule has 1 aromatic carbocycles. The molecule has 1 aromatic rings. The van der Waals surface area contributed by atoms with Crippen molar-refractivity contribution in [2.75, 3.05) is 18.0 Å². The van der Waals surface area contributed by atoms with Crippen molar-refractivity contribution in [2.45, 2.75) is 89.7 Å². The molecule has 2 fully saturated rings. The van der Waals surface area contributed by atoms with Gasteiger partial charge in [0.1, 0.15) is 17.5 Å². The highest BCUT2D eigenvalue weighted by atomic mass is 19.1. The Morgan fingerprint density at radius 2 is 1.88 bits per heavy atom. The number of ether oxygens (including phenoxy) is 1. The van der Waals surface area contributed by atoms with E-state index in [1.54, 1.807) is 4.90 Å². The summed E-state index contributed by atoms with van der Waals surface area (Å²) < 4.78 is 20.6. The Morgan fingerprint density at radius 3 is 2.50 bits per heavy atom. The molecule has 7 heteroatoms. The molecule has 3 aliphatic rings. The van der Waals surface area contributed by atoms with Crippen molar-refractivity contribution in [2.24, 2.45) is 0 Å². The highest BCUT2D eigenvalue weighted by molar-refractivity contribution is 6.11. The van der Waals surface area contributed by atoms with Gasteiger partial charge in [0.15, 0.2) is 0 Å². The second-order valence-corrected chi connectivity index (χ2v) is 10.8. The molecule has 4 rings (SSSR count). The summed E-state index contributed by atoms with van der Waals surface area (Å²) in [5.41, 5.74) is 0.487. The maximum absolute atomic E-state index is 15.2. The van der Waals surface area contributed by atoms with Gasteiger partial charge < -0.3 is 9.64 Å². The zero-order chi connectivity index (χ0) is 23.4. The number of hydrogen-bond acceptors (Lipinski definition) is 4. The van der Waals surface area contributed by atoms with Crippen molar-refractivity contribution in [3.63, 3.8) is 0 Å². The number of amides is 2. The van der Waals surface area contributed by atoms with Crippen molar-refractivity contribution in [1.29, 1.82) is 0 Å². The van der Waals surface area contributed by atoms with E-state index in [0.717, 1.165) is 18.4 Å². The summed E-state index contributed by atoms with van der Waals surface area (Å²) in [5.74, 6) is -0.743. The highest BCUT2D eigenvalue weighted by Gasteiger charge is 2.52. The van der Waals surface area contributed by atoms with E-state index in [2.05, 4.69) is 0 Å². The SMILES string of the molecule is CC(C)(C)OC(=O)CCCN1CCC(N2C(=O)C(C)(C)c3cc(C4CC4)cc(F)c32)C1=O. The first-order valence-electron chi connectivity index (χ1n) is 11.6. The van der Waals surface area contributed by atoms with E-state index in [4.69, 9.17) is 4.74 Å². The Kier molecular flexibility index (Phi) is 5.58. The van der Waals surface area contributed by atoms with Gasteiger partial charge in [-0.05, 0) is 83.4 Å². The number of likely N-dealkylation sites (tertiary alicyclic amines) is 1. The Hall–Kier alpha value is -2.44. The molecule has 1 aliphatic carbocycles. The van der Waals surface area contributed by atoms with E-state index in [9.17, 15) is 14.4 Å². The molecule has 2 amide bonds. The summed E-state index contributed by atoms with van der Waals surface area (Å²) >= 11 is 0. The van der Waals surface area contributed by atoms with E-state index < -0.39 is 22.9 Å². The van der Waals surface area contributed by atoms with Gasteiger partial charge in [0.25, 0.3) is 0 Å². The average Bonchev–Trinajstić information content (AvgIpc) is 3.43. The third kappa shape index (κ3) is 4.14. The number of hydrogen-bond donors (Lipinski definition) is 0. The molecule has 1 saturated carbocycles. The fourth-order valence-corrected chi connectivity index (χ4v) is 4.80. The summed E-state index contributed by atoms with van der Waals surface area (Å²) in [7, 11) is 0. The number of halogens is 1. The lowest BCUT2D eigenvalue weighted by atomic mass is 9.85. The van der Waals surface area contributed by atoms with E-state index >= 15 is 4.39 Å². The summed E-state index contributed by atoms with van der Waals surface area (Å²) in [4.78, 5) is 41.5. The molecule has 6 nitrogen and oxygen atoms in total. The number of anilines is 1.